The molecule has 0 radical (unpaired) electrons. The molecule has 2 aromatic carbocycles. The second kappa shape index (κ2) is 11.4. The maximum Gasteiger partial charge on any atom is 0.251 e. The molecule has 1 aromatic heterocycles. The number of nitrogens with one attached hydrogen (secondary N) is 2. The molecule has 1 heterocycles. The smallest absolute Gasteiger partial charge is 0.251 e. The average molecular weight is 504 g/mol. The van der Waals surface area contributed by atoms with Gasteiger partial charge in [0.05, 0.1) is 22.5 Å². The van der Waals surface area contributed by atoms with E-state index in [1.54, 1.807) is 36.4 Å². The Morgan fingerprint density at radius 1 is 1.18 bits per heavy atom. The summed E-state index contributed by atoms with van der Waals surface area (Å²) < 4.78 is 1.82. The van der Waals surface area contributed by atoms with E-state index in [1.807, 2.05) is 30.5 Å². The molecule has 0 saturated carbocycles. The van der Waals surface area contributed by atoms with Gasteiger partial charge < -0.3 is 15.2 Å². The number of halogens is 2. The first-order chi connectivity index (χ1) is 15.8. The molecule has 33 heavy (non-hydrogen) atoms. The van der Waals surface area contributed by atoms with E-state index >= 15 is 0 Å². The van der Waals surface area contributed by atoms with Crippen LogP contribution >= 0.6 is 35.0 Å². The number of benzene rings is 2. The summed E-state index contributed by atoms with van der Waals surface area (Å²) >= 11 is 13.2. The van der Waals surface area contributed by atoms with Crippen LogP contribution in [0.25, 0.3) is 0 Å². The lowest BCUT2D eigenvalue weighted by Gasteiger charge is -2.15. The van der Waals surface area contributed by atoms with Gasteiger partial charge in [0.2, 0.25) is 5.91 Å². The number of nitrogens with zero attached hydrogens (tertiary/aromatic N) is 3. The van der Waals surface area contributed by atoms with Gasteiger partial charge in [-0.05, 0) is 44.2 Å². The first-order valence-electron chi connectivity index (χ1n) is 10.1. The predicted octanol–water partition coefficient (Wildman–Crippen LogP) is 5.30. The Bertz CT molecular complexity index is 1160. The molecule has 2 amide bonds. The summed E-state index contributed by atoms with van der Waals surface area (Å²) in [6, 6.07) is 11.8. The van der Waals surface area contributed by atoms with Crippen molar-refractivity contribution in [1.29, 1.82) is 0 Å². The fraction of sp³-hybridized carbons (Fsp3) is 0.217. The Kier molecular flexibility index (Phi) is 8.55. The molecule has 0 saturated heterocycles. The maximum atomic E-state index is 12.6. The standard InChI is InChI=1S/C23H23Cl2N5O2S/c1-4-11-30-21(15(3)26-22(32)16-7-5-14(2)6-8-16)28-29-23(30)33-13-20(31)27-19-10-9-17(24)12-18(19)25/h4-10,12,15H,1,11,13H2,2-3H3,(H,26,32)(H,27,31)/t15-/m1/s1. The normalized spacial score (nSPS) is 11.6. The average Bonchev–Trinajstić information content (AvgIpc) is 3.17. The fourth-order valence-electron chi connectivity index (χ4n) is 2.98. The summed E-state index contributed by atoms with van der Waals surface area (Å²) in [6.07, 6.45) is 1.71. The minimum absolute atomic E-state index is 0.0956. The lowest BCUT2D eigenvalue weighted by Crippen LogP contribution is -2.28. The number of hydrogen-bond acceptors (Lipinski definition) is 5. The van der Waals surface area contributed by atoms with Crippen molar-refractivity contribution in [3.63, 3.8) is 0 Å². The number of hydrogen-bond donors (Lipinski definition) is 2. The van der Waals surface area contributed by atoms with Crippen molar-refractivity contribution in [2.45, 2.75) is 31.6 Å². The molecular formula is C23H23Cl2N5O2S. The van der Waals surface area contributed by atoms with E-state index in [4.69, 9.17) is 23.2 Å². The van der Waals surface area contributed by atoms with Crippen molar-refractivity contribution < 1.29 is 9.59 Å². The zero-order chi connectivity index (χ0) is 24.0. The van der Waals surface area contributed by atoms with Gasteiger partial charge in [0.1, 0.15) is 0 Å². The van der Waals surface area contributed by atoms with Crippen LogP contribution in [0.3, 0.4) is 0 Å². The zero-order valence-electron chi connectivity index (χ0n) is 18.1. The number of thioether (sulfide) groups is 1. The third-order valence-corrected chi connectivity index (χ3v) is 6.16. The molecule has 0 aliphatic heterocycles. The van der Waals surface area contributed by atoms with Gasteiger partial charge in [0, 0.05) is 17.1 Å². The van der Waals surface area contributed by atoms with E-state index < -0.39 is 6.04 Å². The highest BCUT2D eigenvalue weighted by Gasteiger charge is 2.20. The molecule has 1 atom stereocenters. The third-order valence-electron chi connectivity index (χ3n) is 4.64. The van der Waals surface area contributed by atoms with Gasteiger partial charge in [0.25, 0.3) is 5.91 Å². The Hall–Kier alpha value is -2.81. The van der Waals surface area contributed by atoms with Gasteiger partial charge >= 0.3 is 0 Å². The topological polar surface area (TPSA) is 88.9 Å². The van der Waals surface area contributed by atoms with Crippen LogP contribution in [0.5, 0.6) is 0 Å². The van der Waals surface area contributed by atoms with Crippen molar-refractivity contribution >= 4 is 52.5 Å². The lowest BCUT2D eigenvalue weighted by atomic mass is 10.1. The van der Waals surface area contributed by atoms with Crippen LogP contribution in [-0.2, 0) is 11.3 Å². The van der Waals surface area contributed by atoms with Crippen molar-refractivity contribution in [3.05, 3.63) is 82.1 Å². The van der Waals surface area contributed by atoms with Crippen LogP contribution in [0, 0.1) is 6.92 Å². The van der Waals surface area contributed by atoms with Crippen LogP contribution < -0.4 is 10.6 Å². The number of aryl methyl sites for hydroxylation is 1. The highest BCUT2D eigenvalue weighted by Crippen LogP contribution is 2.26. The molecule has 0 aliphatic carbocycles. The van der Waals surface area contributed by atoms with Crippen molar-refractivity contribution in [2.75, 3.05) is 11.1 Å². The molecule has 0 fully saturated rings. The third kappa shape index (κ3) is 6.60. The van der Waals surface area contributed by atoms with Crippen LogP contribution in [0.1, 0.15) is 34.7 Å². The highest BCUT2D eigenvalue weighted by atomic mass is 35.5. The maximum absolute atomic E-state index is 12.6. The van der Waals surface area contributed by atoms with Crippen molar-refractivity contribution in [2.24, 2.45) is 0 Å². The molecule has 2 N–H and O–H groups in total. The molecule has 0 spiro atoms. The molecular weight excluding hydrogens is 481 g/mol. The van der Waals surface area contributed by atoms with Crippen molar-refractivity contribution in [1.82, 2.24) is 20.1 Å². The number of amides is 2. The summed E-state index contributed by atoms with van der Waals surface area (Å²) in [4.78, 5) is 25.0. The second-order valence-corrected chi connectivity index (χ2v) is 9.05. The molecule has 0 unspecified atom stereocenters. The number of carbonyl (C=O) groups is 2. The highest BCUT2D eigenvalue weighted by molar-refractivity contribution is 7.99. The second-order valence-electron chi connectivity index (χ2n) is 7.26. The minimum atomic E-state index is -0.401. The monoisotopic (exact) mass is 503 g/mol. The summed E-state index contributed by atoms with van der Waals surface area (Å²) in [5, 5.41) is 15.5. The largest absolute Gasteiger partial charge is 0.342 e. The number of allylic oxidation sites excluding steroid dienone is 1. The molecule has 0 aliphatic rings. The van der Waals surface area contributed by atoms with Crippen molar-refractivity contribution in [3.8, 4) is 0 Å². The first kappa shape index (κ1) is 24.8. The quantitative estimate of drug-likeness (QED) is 0.305. The molecule has 3 aromatic rings. The van der Waals surface area contributed by atoms with Gasteiger partial charge in [0.15, 0.2) is 11.0 Å². The molecule has 172 valence electrons. The predicted molar refractivity (Wildman–Crippen MR) is 133 cm³/mol. The van der Waals surface area contributed by atoms with Crippen LogP contribution in [0.15, 0.2) is 60.3 Å². The van der Waals surface area contributed by atoms with E-state index in [2.05, 4.69) is 27.4 Å². The van der Waals surface area contributed by atoms with Crippen LogP contribution in [0.4, 0.5) is 5.69 Å². The van der Waals surface area contributed by atoms with E-state index in [-0.39, 0.29) is 17.6 Å². The summed E-state index contributed by atoms with van der Waals surface area (Å²) in [5.41, 5.74) is 2.12. The number of carbonyl (C=O) groups excluding carboxylic acids is 2. The molecule has 0 bridgehead atoms. The lowest BCUT2D eigenvalue weighted by molar-refractivity contribution is -0.113. The van der Waals surface area contributed by atoms with E-state index in [0.29, 0.717) is 38.8 Å². The minimum Gasteiger partial charge on any atom is -0.342 e. The van der Waals surface area contributed by atoms with Crippen LogP contribution in [0.2, 0.25) is 10.0 Å². The fourth-order valence-corrected chi connectivity index (χ4v) is 4.20. The Labute approximate surface area is 206 Å². The summed E-state index contributed by atoms with van der Waals surface area (Å²) in [7, 11) is 0. The van der Waals surface area contributed by atoms with Gasteiger partial charge in [-0.2, -0.15) is 0 Å². The van der Waals surface area contributed by atoms with Crippen LogP contribution in [-0.4, -0.2) is 32.3 Å². The Morgan fingerprint density at radius 3 is 2.58 bits per heavy atom. The van der Waals surface area contributed by atoms with Gasteiger partial charge in [-0.25, -0.2) is 0 Å². The SMILES string of the molecule is C=CCn1c(SCC(=O)Nc2ccc(Cl)cc2Cl)nnc1[C@@H](C)NC(=O)c1ccc(C)cc1. The number of aromatic nitrogens is 3. The zero-order valence-corrected chi connectivity index (χ0v) is 20.5. The Balaban J connectivity index is 1.66. The Morgan fingerprint density at radius 2 is 1.91 bits per heavy atom. The summed E-state index contributed by atoms with van der Waals surface area (Å²) in [5.74, 6) is 0.209. The van der Waals surface area contributed by atoms with Gasteiger partial charge in [-0.3, -0.25) is 9.59 Å². The molecule has 7 nitrogen and oxygen atoms in total. The van der Waals surface area contributed by atoms with E-state index in [0.717, 1.165) is 5.56 Å². The van der Waals surface area contributed by atoms with Gasteiger partial charge in [-0.1, -0.05) is 58.7 Å². The van der Waals surface area contributed by atoms with E-state index in [9.17, 15) is 9.59 Å². The number of rotatable bonds is 9. The van der Waals surface area contributed by atoms with Gasteiger partial charge in [-0.15, -0.1) is 16.8 Å². The van der Waals surface area contributed by atoms with E-state index in [1.165, 1.54) is 11.8 Å². The summed E-state index contributed by atoms with van der Waals surface area (Å²) in [6.45, 7) is 8.01. The number of anilines is 1. The molecule has 3 rings (SSSR count). The first-order valence-corrected chi connectivity index (χ1v) is 11.8. The molecule has 10 heteroatoms.